The third kappa shape index (κ3) is 6.27. The van der Waals surface area contributed by atoms with Gasteiger partial charge < -0.3 is 10.2 Å². The summed E-state index contributed by atoms with van der Waals surface area (Å²) in [5, 5.41) is 2.95. The van der Waals surface area contributed by atoms with Crippen molar-refractivity contribution in [2.75, 3.05) is 25.5 Å². The van der Waals surface area contributed by atoms with Crippen LogP contribution in [-0.2, 0) is 4.79 Å². The molecular weight excluding hydrogens is 236 g/mol. The maximum atomic E-state index is 11.3. The second kappa shape index (κ2) is 8.76. The van der Waals surface area contributed by atoms with Crippen molar-refractivity contribution >= 4 is 17.5 Å². The molecule has 0 spiro atoms. The van der Waals surface area contributed by atoms with Crippen molar-refractivity contribution in [1.29, 1.82) is 0 Å². The van der Waals surface area contributed by atoms with Crippen LogP contribution in [0.4, 0.5) is 0 Å². The highest BCUT2D eigenvalue weighted by Crippen LogP contribution is 2.15. The highest BCUT2D eigenvalue weighted by atomic mass is 35.5. The number of halogens is 1. The van der Waals surface area contributed by atoms with Gasteiger partial charge in [-0.05, 0) is 39.2 Å². The molecule has 1 saturated heterocycles. The highest BCUT2D eigenvalue weighted by Gasteiger charge is 2.17. The van der Waals surface area contributed by atoms with Crippen LogP contribution in [0.1, 0.15) is 45.4 Å². The number of carbonyl (C=O) groups is 1. The van der Waals surface area contributed by atoms with E-state index in [0.29, 0.717) is 12.3 Å². The largest absolute Gasteiger partial charge is 0.356 e. The first-order valence-corrected chi connectivity index (χ1v) is 7.34. The quantitative estimate of drug-likeness (QED) is 0.563. The van der Waals surface area contributed by atoms with Crippen LogP contribution in [-0.4, -0.2) is 42.4 Å². The van der Waals surface area contributed by atoms with Crippen LogP contribution in [0.3, 0.4) is 0 Å². The molecule has 0 aromatic heterocycles. The summed E-state index contributed by atoms with van der Waals surface area (Å²) in [6.07, 6.45) is 6.40. The molecule has 1 atom stereocenters. The van der Waals surface area contributed by atoms with Crippen LogP contribution in [0.5, 0.6) is 0 Å². The molecule has 0 radical (unpaired) electrons. The van der Waals surface area contributed by atoms with Gasteiger partial charge in [-0.3, -0.25) is 4.79 Å². The number of piperidine rings is 1. The summed E-state index contributed by atoms with van der Waals surface area (Å²) in [6, 6.07) is 0.718. The number of hydrogen-bond donors (Lipinski definition) is 1. The van der Waals surface area contributed by atoms with Crippen molar-refractivity contribution in [2.45, 2.75) is 51.5 Å². The van der Waals surface area contributed by atoms with Crippen molar-refractivity contribution in [1.82, 2.24) is 10.2 Å². The Morgan fingerprint density at radius 1 is 1.41 bits per heavy atom. The number of rotatable bonds is 7. The van der Waals surface area contributed by atoms with Crippen LogP contribution >= 0.6 is 11.6 Å². The lowest BCUT2D eigenvalue weighted by atomic mass is 10.0. The van der Waals surface area contributed by atoms with Crippen LogP contribution < -0.4 is 5.32 Å². The summed E-state index contributed by atoms with van der Waals surface area (Å²) >= 11 is 5.54. The molecular formula is C13H25ClN2O. The first-order chi connectivity index (χ1) is 8.24. The lowest BCUT2D eigenvalue weighted by Gasteiger charge is -2.33. The van der Waals surface area contributed by atoms with E-state index in [-0.39, 0.29) is 5.91 Å². The Balaban J connectivity index is 2.01. The summed E-state index contributed by atoms with van der Waals surface area (Å²) in [5.74, 6) is 0.705. The van der Waals surface area contributed by atoms with Crippen LogP contribution in [0.2, 0.25) is 0 Å². The molecule has 0 aromatic carbocycles. The highest BCUT2D eigenvalue weighted by molar-refractivity contribution is 6.17. The summed E-state index contributed by atoms with van der Waals surface area (Å²) in [4.78, 5) is 13.9. The Bertz CT molecular complexity index is 223. The minimum Gasteiger partial charge on any atom is -0.356 e. The third-order valence-corrected chi connectivity index (χ3v) is 3.69. The van der Waals surface area contributed by atoms with Gasteiger partial charge in [-0.2, -0.15) is 0 Å². The fourth-order valence-corrected chi connectivity index (χ4v) is 2.45. The van der Waals surface area contributed by atoms with E-state index < -0.39 is 0 Å². The molecule has 1 rings (SSSR count). The van der Waals surface area contributed by atoms with Crippen molar-refractivity contribution in [2.24, 2.45) is 0 Å². The Labute approximate surface area is 110 Å². The Kier molecular flexibility index (Phi) is 7.62. The zero-order valence-electron chi connectivity index (χ0n) is 10.9. The average molecular weight is 261 g/mol. The number of alkyl halides is 1. The van der Waals surface area contributed by atoms with Crippen LogP contribution in [0, 0.1) is 0 Å². The Morgan fingerprint density at radius 3 is 2.94 bits per heavy atom. The van der Waals surface area contributed by atoms with E-state index >= 15 is 0 Å². The van der Waals surface area contributed by atoms with Gasteiger partial charge in [0.05, 0.1) is 0 Å². The van der Waals surface area contributed by atoms with E-state index in [1.807, 2.05) is 0 Å². The van der Waals surface area contributed by atoms with Gasteiger partial charge in [0.1, 0.15) is 0 Å². The molecule has 0 aliphatic carbocycles. The van der Waals surface area contributed by atoms with E-state index in [0.717, 1.165) is 32.0 Å². The number of carbonyl (C=O) groups excluding carboxylic acids is 1. The lowest BCUT2D eigenvalue weighted by Crippen LogP contribution is -2.39. The number of hydrogen-bond acceptors (Lipinski definition) is 2. The molecule has 1 N–H and O–H groups in total. The standard InChI is InChI=1S/C13H25ClN2O/c1-12-6-2-3-10-16(12)11-5-9-15-13(17)7-4-8-14/h12H,2-11H2,1H3,(H,15,17). The number of nitrogens with one attached hydrogen (secondary N) is 1. The second-order valence-electron chi connectivity index (χ2n) is 4.88. The van der Waals surface area contributed by atoms with Gasteiger partial charge in [-0.15, -0.1) is 11.6 Å². The third-order valence-electron chi connectivity index (χ3n) is 3.42. The zero-order chi connectivity index (χ0) is 12.5. The molecule has 4 heteroatoms. The summed E-state index contributed by atoms with van der Waals surface area (Å²) in [7, 11) is 0. The lowest BCUT2D eigenvalue weighted by molar-refractivity contribution is -0.121. The van der Waals surface area contributed by atoms with E-state index in [9.17, 15) is 4.79 Å². The second-order valence-corrected chi connectivity index (χ2v) is 5.25. The summed E-state index contributed by atoms with van der Waals surface area (Å²) in [6.45, 7) is 5.43. The van der Waals surface area contributed by atoms with Gasteiger partial charge in [0.2, 0.25) is 5.91 Å². The maximum absolute atomic E-state index is 11.3. The van der Waals surface area contributed by atoms with Crippen molar-refractivity contribution < 1.29 is 4.79 Å². The minimum absolute atomic E-state index is 0.136. The average Bonchev–Trinajstić information content (AvgIpc) is 2.34. The molecule has 0 aromatic rings. The van der Waals surface area contributed by atoms with Gasteiger partial charge in [0.25, 0.3) is 0 Å². The van der Waals surface area contributed by atoms with Gasteiger partial charge in [0.15, 0.2) is 0 Å². The Hall–Kier alpha value is -0.280. The van der Waals surface area contributed by atoms with Gasteiger partial charge in [-0.25, -0.2) is 0 Å². The maximum Gasteiger partial charge on any atom is 0.220 e. The van der Waals surface area contributed by atoms with Crippen LogP contribution in [0.15, 0.2) is 0 Å². The molecule has 1 amide bonds. The predicted molar refractivity (Wildman–Crippen MR) is 72.5 cm³/mol. The minimum atomic E-state index is 0.136. The Morgan fingerprint density at radius 2 is 2.24 bits per heavy atom. The summed E-state index contributed by atoms with van der Waals surface area (Å²) in [5.41, 5.74) is 0. The number of amides is 1. The molecule has 1 aliphatic heterocycles. The number of likely N-dealkylation sites (tertiary alicyclic amines) is 1. The van der Waals surface area contributed by atoms with Gasteiger partial charge in [-0.1, -0.05) is 6.42 Å². The topological polar surface area (TPSA) is 32.3 Å². The smallest absolute Gasteiger partial charge is 0.220 e. The zero-order valence-corrected chi connectivity index (χ0v) is 11.6. The number of nitrogens with zero attached hydrogens (tertiary/aromatic N) is 1. The van der Waals surface area contributed by atoms with E-state index in [1.165, 1.54) is 25.8 Å². The molecule has 100 valence electrons. The molecule has 1 unspecified atom stereocenters. The summed E-state index contributed by atoms with van der Waals surface area (Å²) < 4.78 is 0. The van der Waals surface area contributed by atoms with Gasteiger partial charge in [0, 0.05) is 31.4 Å². The van der Waals surface area contributed by atoms with Crippen molar-refractivity contribution in [3.8, 4) is 0 Å². The molecule has 0 saturated carbocycles. The van der Waals surface area contributed by atoms with E-state index in [2.05, 4.69) is 17.1 Å². The predicted octanol–water partition coefficient (Wildman–Crippen LogP) is 2.39. The molecule has 1 fully saturated rings. The van der Waals surface area contributed by atoms with E-state index in [1.54, 1.807) is 0 Å². The monoisotopic (exact) mass is 260 g/mol. The van der Waals surface area contributed by atoms with Crippen molar-refractivity contribution in [3.05, 3.63) is 0 Å². The van der Waals surface area contributed by atoms with Crippen molar-refractivity contribution in [3.63, 3.8) is 0 Å². The molecule has 3 nitrogen and oxygen atoms in total. The molecule has 0 bridgehead atoms. The molecule has 1 aliphatic rings. The SMILES string of the molecule is CC1CCCCN1CCCNC(=O)CCCCl. The first kappa shape index (κ1) is 14.8. The fraction of sp³-hybridized carbons (Fsp3) is 0.923. The molecule has 17 heavy (non-hydrogen) atoms. The fourth-order valence-electron chi connectivity index (χ4n) is 2.32. The van der Waals surface area contributed by atoms with Crippen LogP contribution in [0.25, 0.3) is 0 Å². The van der Waals surface area contributed by atoms with Gasteiger partial charge >= 0.3 is 0 Å². The first-order valence-electron chi connectivity index (χ1n) is 6.80. The normalized spacial score (nSPS) is 21.4. The molecule has 1 heterocycles. The van der Waals surface area contributed by atoms with E-state index in [4.69, 9.17) is 11.6 Å².